The lowest BCUT2D eigenvalue weighted by Crippen LogP contribution is -2.46. The van der Waals surface area contributed by atoms with Crippen LogP contribution in [0.1, 0.15) is 27.9 Å². The van der Waals surface area contributed by atoms with Crippen LogP contribution in [0.15, 0.2) is 33.3 Å². The SMILES string of the molecule is Cc1noc(C)c1CN1C(=O)N[C@@H](c2cccs2)C2=C1COC2=O. The average molecular weight is 345 g/mol. The summed E-state index contributed by atoms with van der Waals surface area (Å²) in [5.74, 6) is 0.278. The molecule has 2 aliphatic heterocycles. The van der Waals surface area contributed by atoms with Crippen molar-refractivity contribution in [2.24, 2.45) is 0 Å². The monoisotopic (exact) mass is 345 g/mol. The molecule has 4 rings (SSSR count). The fourth-order valence-corrected chi connectivity index (χ4v) is 3.82. The van der Waals surface area contributed by atoms with E-state index in [9.17, 15) is 9.59 Å². The van der Waals surface area contributed by atoms with Crippen molar-refractivity contribution in [1.82, 2.24) is 15.4 Å². The molecule has 0 saturated carbocycles. The van der Waals surface area contributed by atoms with E-state index < -0.39 is 6.04 Å². The Morgan fingerprint density at radius 3 is 2.92 bits per heavy atom. The predicted octanol–water partition coefficient (Wildman–Crippen LogP) is 2.43. The first-order valence-electron chi connectivity index (χ1n) is 7.49. The molecular weight excluding hydrogens is 330 g/mol. The van der Waals surface area contributed by atoms with Gasteiger partial charge in [0.25, 0.3) is 0 Å². The molecule has 2 aromatic rings. The van der Waals surface area contributed by atoms with Crippen LogP contribution in [0.5, 0.6) is 0 Å². The lowest BCUT2D eigenvalue weighted by atomic mass is 10.0. The number of urea groups is 1. The number of carbonyl (C=O) groups excluding carboxylic acids is 2. The summed E-state index contributed by atoms with van der Waals surface area (Å²) in [4.78, 5) is 27.3. The standard InChI is InChI=1S/C16H15N3O4S/c1-8-10(9(2)23-18-8)6-19-11-7-22-15(20)13(11)14(17-16(19)21)12-4-3-5-24-12/h3-5,14H,6-7H2,1-2H3,(H,17,21)/t14-/m0/s1. The predicted molar refractivity (Wildman–Crippen MR) is 85.1 cm³/mol. The zero-order chi connectivity index (χ0) is 16.8. The third-order valence-electron chi connectivity index (χ3n) is 4.32. The second kappa shape index (κ2) is 5.48. The second-order valence-electron chi connectivity index (χ2n) is 5.72. The number of nitrogens with one attached hydrogen (secondary N) is 1. The van der Waals surface area contributed by atoms with E-state index in [0.717, 1.165) is 16.1 Å². The largest absolute Gasteiger partial charge is 0.456 e. The van der Waals surface area contributed by atoms with E-state index >= 15 is 0 Å². The molecule has 124 valence electrons. The van der Waals surface area contributed by atoms with Gasteiger partial charge in [0.1, 0.15) is 12.4 Å². The van der Waals surface area contributed by atoms with Gasteiger partial charge in [0.05, 0.1) is 29.6 Å². The van der Waals surface area contributed by atoms with Gasteiger partial charge in [-0.05, 0) is 25.3 Å². The minimum absolute atomic E-state index is 0.104. The number of carbonyl (C=O) groups is 2. The molecule has 4 heterocycles. The molecule has 0 radical (unpaired) electrons. The third kappa shape index (κ3) is 2.22. The lowest BCUT2D eigenvalue weighted by Gasteiger charge is -2.32. The first-order chi connectivity index (χ1) is 11.6. The summed E-state index contributed by atoms with van der Waals surface area (Å²) < 4.78 is 10.4. The van der Waals surface area contributed by atoms with Gasteiger partial charge >= 0.3 is 12.0 Å². The maximum Gasteiger partial charge on any atom is 0.338 e. The van der Waals surface area contributed by atoms with Crippen LogP contribution in [0.2, 0.25) is 0 Å². The van der Waals surface area contributed by atoms with E-state index in [0.29, 0.717) is 23.6 Å². The van der Waals surface area contributed by atoms with Crippen LogP contribution < -0.4 is 5.32 Å². The Morgan fingerprint density at radius 1 is 1.42 bits per heavy atom. The Kier molecular flexibility index (Phi) is 3.42. The second-order valence-corrected chi connectivity index (χ2v) is 6.70. The van der Waals surface area contributed by atoms with Gasteiger partial charge in [-0.2, -0.15) is 0 Å². The molecule has 0 unspecified atom stereocenters. The zero-order valence-electron chi connectivity index (χ0n) is 13.2. The molecule has 0 fully saturated rings. The van der Waals surface area contributed by atoms with Crippen molar-refractivity contribution < 1.29 is 18.8 Å². The number of rotatable bonds is 3. The number of hydrogen-bond donors (Lipinski definition) is 1. The molecule has 0 aliphatic carbocycles. The number of esters is 1. The minimum atomic E-state index is -0.455. The van der Waals surface area contributed by atoms with Crippen molar-refractivity contribution in [1.29, 1.82) is 0 Å². The topological polar surface area (TPSA) is 84.7 Å². The fourth-order valence-electron chi connectivity index (χ4n) is 3.03. The number of thiophene rings is 1. The summed E-state index contributed by atoms with van der Waals surface area (Å²) in [6, 6.07) is 3.08. The van der Waals surface area contributed by atoms with Crippen molar-refractivity contribution >= 4 is 23.3 Å². The molecular formula is C16H15N3O4S. The van der Waals surface area contributed by atoms with E-state index in [1.807, 2.05) is 24.4 Å². The molecule has 2 aliphatic rings. The molecule has 2 aromatic heterocycles. The number of ether oxygens (including phenoxy) is 1. The van der Waals surface area contributed by atoms with Crippen molar-refractivity contribution in [2.75, 3.05) is 6.61 Å². The van der Waals surface area contributed by atoms with Gasteiger partial charge in [-0.15, -0.1) is 11.3 Å². The Bertz CT molecular complexity index is 833. The van der Waals surface area contributed by atoms with Crippen molar-refractivity contribution in [3.8, 4) is 0 Å². The average Bonchev–Trinajstić information content (AvgIpc) is 3.27. The van der Waals surface area contributed by atoms with E-state index in [4.69, 9.17) is 9.26 Å². The van der Waals surface area contributed by atoms with E-state index in [2.05, 4.69) is 10.5 Å². The molecule has 7 nitrogen and oxygen atoms in total. The van der Waals surface area contributed by atoms with Crippen molar-refractivity contribution in [3.05, 3.63) is 50.7 Å². The Labute approximate surface area is 141 Å². The molecule has 0 saturated heterocycles. The molecule has 2 amide bonds. The van der Waals surface area contributed by atoms with Crippen molar-refractivity contribution in [3.63, 3.8) is 0 Å². The summed E-state index contributed by atoms with van der Waals surface area (Å²) >= 11 is 1.49. The van der Waals surface area contributed by atoms with Crippen LogP contribution in [-0.4, -0.2) is 28.7 Å². The van der Waals surface area contributed by atoms with Crippen LogP contribution in [0.3, 0.4) is 0 Å². The Balaban J connectivity index is 1.75. The van der Waals surface area contributed by atoms with Crippen molar-refractivity contribution in [2.45, 2.75) is 26.4 Å². The maximum absolute atomic E-state index is 12.7. The van der Waals surface area contributed by atoms with Gasteiger partial charge in [0.2, 0.25) is 0 Å². The van der Waals surface area contributed by atoms with Crippen LogP contribution in [0, 0.1) is 13.8 Å². The molecule has 0 bridgehead atoms. The van der Waals surface area contributed by atoms with Gasteiger partial charge in [-0.3, -0.25) is 4.90 Å². The lowest BCUT2D eigenvalue weighted by molar-refractivity contribution is -0.136. The quantitative estimate of drug-likeness (QED) is 0.864. The number of amides is 2. The van der Waals surface area contributed by atoms with Gasteiger partial charge in [0.15, 0.2) is 0 Å². The summed E-state index contributed by atoms with van der Waals surface area (Å²) in [5.41, 5.74) is 2.69. The third-order valence-corrected chi connectivity index (χ3v) is 5.26. The number of cyclic esters (lactones) is 1. The summed E-state index contributed by atoms with van der Waals surface area (Å²) in [7, 11) is 0. The Morgan fingerprint density at radius 2 is 2.25 bits per heavy atom. The summed E-state index contributed by atoms with van der Waals surface area (Å²) in [5, 5.41) is 8.74. The highest BCUT2D eigenvalue weighted by Crippen LogP contribution is 2.37. The highest BCUT2D eigenvalue weighted by atomic mass is 32.1. The summed E-state index contributed by atoms with van der Waals surface area (Å²) in [6.45, 7) is 4.03. The molecule has 0 spiro atoms. The molecule has 1 atom stereocenters. The first kappa shape index (κ1) is 14.9. The van der Waals surface area contributed by atoms with Crippen LogP contribution in [0.4, 0.5) is 4.79 Å². The highest BCUT2D eigenvalue weighted by Gasteiger charge is 2.42. The number of hydrogen-bond acceptors (Lipinski definition) is 6. The van der Waals surface area contributed by atoms with Crippen LogP contribution in [0.25, 0.3) is 0 Å². The van der Waals surface area contributed by atoms with Crippen LogP contribution in [-0.2, 0) is 16.1 Å². The fraction of sp³-hybridized carbons (Fsp3) is 0.312. The van der Waals surface area contributed by atoms with Gasteiger partial charge in [0, 0.05) is 10.4 Å². The Hall–Kier alpha value is -2.61. The summed E-state index contributed by atoms with van der Waals surface area (Å²) in [6.07, 6.45) is 0. The first-order valence-corrected chi connectivity index (χ1v) is 8.37. The van der Waals surface area contributed by atoms with Gasteiger partial charge < -0.3 is 14.6 Å². The molecule has 0 aromatic carbocycles. The van der Waals surface area contributed by atoms with E-state index in [1.165, 1.54) is 16.2 Å². The highest BCUT2D eigenvalue weighted by molar-refractivity contribution is 7.10. The normalized spacial score (nSPS) is 20.2. The molecule has 24 heavy (non-hydrogen) atoms. The maximum atomic E-state index is 12.7. The zero-order valence-corrected chi connectivity index (χ0v) is 14.0. The number of aryl methyl sites for hydroxylation is 2. The van der Waals surface area contributed by atoms with E-state index in [-0.39, 0.29) is 18.6 Å². The van der Waals surface area contributed by atoms with E-state index in [1.54, 1.807) is 6.92 Å². The molecule has 8 heteroatoms. The van der Waals surface area contributed by atoms with Gasteiger partial charge in [-0.1, -0.05) is 11.2 Å². The number of nitrogens with zero attached hydrogens (tertiary/aromatic N) is 2. The van der Waals surface area contributed by atoms with Crippen LogP contribution >= 0.6 is 11.3 Å². The molecule has 1 N–H and O–H groups in total. The minimum Gasteiger partial charge on any atom is -0.456 e. The van der Waals surface area contributed by atoms with Gasteiger partial charge in [-0.25, -0.2) is 9.59 Å². The smallest absolute Gasteiger partial charge is 0.338 e. The number of aromatic nitrogens is 1.